The molecule has 1 aliphatic rings. The Morgan fingerprint density at radius 1 is 1.45 bits per heavy atom. The van der Waals surface area contributed by atoms with Crippen molar-refractivity contribution in [3.05, 3.63) is 0 Å². The third kappa shape index (κ3) is 4.42. The van der Waals surface area contributed by atoms with E-state index in [1.54, 1.807) is 0 Å². The van der Waals surface area contributed by atoms with Crippen LogP contribution >= 0.6 is 8.25 Å². The van der Waals surface area contributed by atoms with Gasteiger partial charge in [0, 0.05) is 18.6 Å². The first-order valence-corrected chi connectivity index (χ1v) is 7.07. The number of aliphatic hydroxyl groups excluding tert-OH is 2. The molecule has 20 heavy (non-hydrogen) atoms. The van der Waals surface area contributed by atoms with Crippen LogP contribution in [0.4, 0.5) is 0 Å². The smallest absolute Gasteiger partial charge is 0.394 e. The molecular formula is C10H19NO8P+. The molecule has 0 aromatic rings. The van der Waals surface area contributed by atoms with Crippen LogP contribution in [0.3, 0.4) is 0 Å². The largest absolute Gasteiger partial charge is 0.695 e. The molecule has 4 N–H and O–H groups in total. The van der Waals surface area contributed by atoms with Gasteiger partial charge in [-0.15, -0.1) is 9.42 Å². The number of carbonyl (C=O) groups is 1. The average Bonchev–Trinajstić information content (AvgIpc) is 2.36. The quantitative estimate of drug-likeness (QED) is 0.426. The van der Waals surface area contributed by atoms with E-state index < -0.39 is 51.2 Å². The normalized spacial score (nSPS) is 34.6. The Morgan fingerprint density at radius 3 is 2.55 bits per heavy atom. The molecule has 0 radical (unpaired) electrons. The van der Waals surface area contributed by atoms with Gasteiger partial charge < -0.3 is 25.0 Å². The Labute approximate surface area is 116 Å². The van der Waals surface area contributed by atoms with Gasteiger partial charge in [-0.1, -0.05) is 0 Å². The molecule has 0 saturated carbocycles. The zero-order chi connectivity index (χ0) is 15.3. The van der Waals surface area contributed by atoms with Crippen LogP contribution in [-0.2, 0) is 23.4 Å². The van der Waals surface area contributed by atoms with Crippen LogP contribution in [0, 0.1) is 0 Å². The Hall–Kier alpha value is -0.670. The van der Waals surface area contributed by atoms with Gasteiger partial charge in [-0.05, 0) is 0 Å². The molecule has 0 aliphatic carbocycles. The van der Waals surface area contributed by atoms with E-state index in [0.717, 1.165) is 0 Å². The molecule has 0 aromatic heterocycles. The molecule has 0 aromatic carbocycles. The molecule has 116 valence electrons. The van der Waals surface area contributed by atoms with Gasteiger partial charge in [0.15, 0.2) is 6.10 Å². The lowest BCUT2D eigenvalue weighted by molar-refractivity contribution is -0.197. The minimum Gasteiger partial charge on any atom is -0.394 e. The maximum Gasteiger partial charge on any atom is 0.695 e. The summed E-state index contributed by atoms with van der Waals surface area (Å²) in [4.78, 5) is 20.0. The monoisotopic (exact) mass is 312 g/mol. The summed E-state index contributed by atoms with van der Waals surface area (Å²) in [5.74, 6) is -0.409. The van der Waals surface area contributed by atoms with E-state index in [-0.39, 0.29) is 6.61 Å². The van der Waals surface area contributed by atoms with Crippen LogP contribution in [0.2, 0.25) is 0 Å². The second-order valence-corrected chi connectivity index (χ2v) is 5.06. The summed E-state index contributed by atoms with van der Waals surface area (Å²) in [6.45, 7) is 0.811. The number of methoxy groups -OCH3 is 1. The van der Waals surface area contributed by atoms with Crippen LogP contribution < -0.4 is 5.32 Å². The van der Waals surface area contributed by atoms with Gasteiger partial charge in [-0.3, -0.25) is 4.79 Å². The van der Waals surface area contributed by atoms with Gasteiger partial charge in [0.1, 0.15) is 18.3 Å². The van der Waals surface area contributed by atoms with Crippen LogP contribution in [0.5, 0.6) is 0 Å². The number of aliphatic hydroxyl groups is 2. The van der Waals surface area contributed by atoms with E-state index in [1.807, 2.05) is 0 Å². The third-order valence-corrected chi connectivity index (χ3v) is 3.34. The molecule has 0 spiro atoms. The fourth-order valence-corrected chi connectivity index (χ4v) is 2.60. The van der Waals surface area contributed by atoms with E-state index in [0.29, 0.717) is 0 Å². The lowest BCUT2D eigenvalue weighted by atomic mass is 9.93. The summed E-state index contributed by atoms with van der Waals surface area (Å²) < 4.78 is 25.9. The van der Waals surface area contributed by atoms with Crippen LogP contribution in [0.25, 0.3) is 0 Å². The molecule has 1 saturated heterocycles. The number of carbonyl (C=O) groups excluding carboxylic acids is 1. The fourth-order valence-electron chi connectivity index (χ4n) is 2.13. The van der Waals surface area contributed by atoms with Crippen molar-refractivity contribution in [2.45, 2.75) is 37.4 Å². The minimum atomic E-state index is -2.99. The Morgan fingerprint density at radius 2 is 2.10 bits per heavy atom. The molecule has 5 unspecified atom stereocenters. The van der Waals surface area contributed by atoms with Crippen molar-refractivity contribution in [1.29, 1.82) is 0 Å². The minimum absolute atomic E-state index is 0.0660. The molecule has 1 amide bonds. The van der Waals surface area contributed by atoms with E-state index >= 15 is 0 Å². The van der Waals surface area contributed by atoms with Crippen molar-refractivity contribution < 1.29 is 38.5 Å². The highest BCUT2D eigenvalue weighted by Crippen LogP contribution is 2.30. The molecule has 1 rings (SSSR count). The van der Waals surface area contributed by atoms with Crippen molar-refractivity contribution in [1.82, 2.24) is 5.32 Å². The second-order valence-electron chi connectivity index (χ2n) is 4.38. The molecule has 0 bridgehead atoms. The maximum absolute atomic E-state index is 11.2. The first-order chi connectivity index (χ1) is 9.40. The fraction of sp³-hybridized carbons (Fsp3) is 0.900. The number of amides is 1. The number of hydrogen-bond donors (Lipinski definition) is 4. The predicted molar refractivity (Wildman–Crippen MR) is 65.9 cm³/mol. The van der Waals surface area contributed by atoms with Crippen molar-refractivity contribution >= 4 is 14.2 Å². The zero-order valence-electron chi connectivity index (χ0n) is 11.1. The summed E-state index contributed by atoms with van der Waals surface area (Å²) in [6.07, 6.45) is -4.27. The lowest BCUT2D eigenvalue weighted by Gasteiger charge is -2.41. The number of rotatable bonds is 6. The molecule has 1 aliphatic heterocycles. The summed E-state index contributed by atoms with van der Waals surface area (Å²) in [5, 5.41) is 21.9. The lowest BCUT2D eigenvalue weighted by Crippen LogP contribution is -2.65. The number of ether oxygens (including phenoxy) is 2. The topological polar surface area (TPSA) is 135 Å². The average molecular weight is 312 g/mol. The highest BCUT2D eigenvalue weighted by Gasteiger charge is 2.49. The van der Waals surface area contributed by atoms with E-state index in [9.17, 15) is 19.6 Å². The molecule has 10 heteroatoms. The first-order valence-electron chi connectivity index (χ1n) is 5.94. The second kappa shape index (κ2) is 7.94. The van der Waals surface area contributed by atoms with Gasteiger partial charge in [0.05, 0.1) is 19.3 Å². The maximum atomic E-state index is 11.2. The van der Waals surface area contributed by atoms with E-state index in [4.69, 9.17) is 14.4 Å². The van der Waals surface area contributed by atoms with Crippen LogP contribution in [0.1, 0.15) is 6.92 Å². The van der Waals surface area contributed by atoms with Gasteiger partial charge >= 0.3 is 8.25 Å². The van der Waals surface area contributed by atoms with Crippen molar-refractivity contribution in [3.63, 3.8) is 0 Å². The zero-order valence-corrected chi connectivity index (χ0v) is 12.0. The highest BCUT2D eigenvalue weighted by atomic mass is 31.1. The summed E-state index contributed by atoms with van der Waals surface area (Å²) >= 11 is 0. The molecule has 9 nitrogen and oxygen atoms in total. The summed E-state index contributed by atoms with van der Waals surface area (Å²) in [6, 6.07) is -0.879. The number of nitrogens with one attached hydrogen (secondary N) is 1. The van der Waals surface area contributed by atoms with Gasteiger partial charge in [0.2, 0.25) is 5.91 Å². The van der Waals surface area contributed by atoms with E-state index in [2.05, 4.69) is 9.84 Å². The predicted octanol–water partition coefficient (Wildman–Crippen LogP) is -1.71. The third-order valence-electron chi connectivity index (χ3n) is 2.91. The highest BCUT2D eigenvalue weighted by molar-refractivity contribution is 7.32. The first kappa shape index (κ1) is 17.4. The van der Waals surface area contributed by atoms with Gasteiger partial charge in [-0.2, -0.15) is 0 Å². The SMILES string of the molecule is COCC1OC(CO)[C@@H](O[P+](=O)O)C(O)C1NC(C)=O. The molecular weight excluding hydrogens is 293 g/mol. The van der Waals surface area contributed by atoms with Crippen LogP contribution in [-0.4, -0.2) is 71.8 Å². The number of hydrogen-bond acceptors (Lipinski definition) is 7. The molecule has 6 atom stereocenters. The Kier molecular flexibility index (Phi) is 6.90. The Bertz CT molecular complexity index is 354. The standard InChI is InChI=1S/C10H18NO8P/c1-5(13)11-8-7(4-17-2)18-6(3-12)10(9(8)14)19-20(15)16/h6-10,12,14H,3-4H2,1-2H3,(H-,11,13,15,16)/p+1/t6?,7?,8?,9?,10-/m1/s1. The summed E-state index contributed by atoms with van der Waals surface area (Å²) in [5.41, 5.74) is 0. The molecule has 1 heterocycles. The van der Waals surface area contributed by atoms with Crippen molar-refractivity contribution in [2.75, 3.05) is 20.3 Å². The van der Waals surface area contributed by atoms with Crippen molar-refractivity contribution in [2.24, 2.45) is 0 Å². The van der Waals surface area contributed by atoms with Gasteiger partial charge in [-0.25, -0.2) is 0 Å². The van der Waals surface area contributed by atoms with E-state index in [1.165, 1.54) is 14.0 Å². The Balaban J connectivity index is 2.92. The van der Waals surface area contributed by atoms with Crippen LogP contribution in [0.15, 0.2) is 0 Å². The summed E-state index contributed by atoms with van der Waals surface area (Å²) in [7, 11) is -1.57. The molecule has 1 fully saturated rings. The van der Waals surface area contributed by atoms with Gasteiger partial charge in [0.25, 0.3) is 0 Å². The van der Waals surface area contributed by atoms with Crippen molar-refractivity contribution in [3.8, 4) is 0 Å².